The molecule has 0 spiro atoms. The Bertz CT molecular complexity index is 123. The summed E-state index contributed by atoms with van der Waals surface area (Å²) in [6.07, 6.45) is 4.10. The van der Waals surface area contributed by atoms with E-state index in [1.54, 1.807) is 0 Å². The largest absolute Gasteiger partial charge is 0.316 e. The zero-order valence-electron chi connectivity index (χ0n) is 8.64. The van der Waals surface area contributed by atoms with Gasteiger partial charge in [-0.25, -0.2) is 0 Å². The van der Waals surface area contributed by atoms with Crippen molar-refractivity contribution in [2.75, 3.05) is 20.1 Å². The Morgan fingerprint density at radius 2 is 2.08 bits per heavy atom. The minimum Gasteiger partial charge on any atom is -0.316 e. The molecule has 1 fully saturated rings. The normalized spacial score (nSPS) is 27.5. The van der Waals surface area contributed by atoms with Crippen LogP contribution in [0.5, 0.6) is 0 Å². The highest BCUT2D eigenvalue weighted by atomic mass is 15.2. The number of likely N-dealkylation sites (N-methyl/N-ethyl adjacent to an activating group) is 1. The number of nitrogens with zero attached hydrogens (tertiary/aromatic N) is 1. The van der Waals surface area contributed by atoms with E-state index in [0.717, 1.165) is 6.04 Å². The molecule has 72 valence electrons. The van der Waals surface area contributed by atoms with Crippen LogP contribution in [-0.4, -0.2) is 37.1 Å². The summed E-state index contributed by atoms with van der Waals surface area (Å²) < 4.78 is 0. The lowest BCUT2D eigenvalue weighted by molar-refractivity contribution is 0.214. The summed E-state index contributed by atoms with van der Waals surface area (Å²) in [5.41, 5.74) is 0. The zero-order chi connectivity index (χ0) is 8.97. The third kappa shape index (κ3) is 2.76. The molecule has 0 amide bonds. The summed E-state index contributed by atoms with van der Waals surface area (Å²) in [7, 11) is 2.08. The van der Waals surface area contributed by atoms with Crippen molar-refractivity contribution in [2.45, 2.75) is 45.2 Å². The fraction of sp³-hybridized carbons (Fsp3) is 1.00. The van der Waals surface area contributed by atoms with Crippen LogP contribution in [0, 0.1) is 0 Å². The van der Waals surface area contributed by atoms with Gasteiger partial charge in [0.05, 0.1) is 0 Å². The Morgan fingerprint density at radius 1 is 1.33 bits per heavy atom. The summed E-state index contributed by atoms with van der Waals surface area (Å²) in [5, 5.41) is 3.39. The molecule has 2 nitrogen and oxygen atoms in total. The first-order valence-corrected chi connectivity index (χ1v) is 5.15. The van der Waals surface area contributed by atoms with Crippen molar-refractivity contribution in [3.8, 4) is 0 Å². The van der Waals surface area contributed by atoms with Crippen molar-refractivity contribution < 1.29 is 0 Å². The van der Waals surface area contributed by atoms with Gasteiger partial charge < -0.3 is 5.32 Å². The van der Waals surface area contributed by atoms with E-state index in [4.69, 9.17) is 0 Å². The Morgan fingerprint density at radius 3 is 2.67 bits per heavy atom. The Kier molecular flexibility index (Phi) is 4.02. The maximum atomic E-state index is 3.39. The first kappa shape index (κ1) is 10.0. The number of hydrogen-bond donors (Lipinski definition) is 1. The van der Waals surface area contributed by atoms with Crippen LogP contribution in [0.1, 0.15) is 33.1 Å². The number of nitrogens with one attached hydrogen (secondary N) is 1. The predicted octanol–water partition coefficient (Wildman–Crippen LogP) is 1.47. The van der Waals surface area contributed by atoms with Crippen LogP contribution >= 0.6 is 0 Å². The Labute approximate surface area is 76.3 Å². The smallest absolute Gasteiger partial charge is 0.0192 e. The van der Waals surface area contributed by atoms with Gasteiger partial charge in [-0.2, -0.15) is 0 Å². The highest BCUT2D eigenvalue weighted by molar-refractivity contribution is 4.76. The molecule has 0 saturated carbocycles. The van der Waals surface area contributed by atoms with E-state index in [1.165, 1.54) is 32.4 Å². The number of hydrogen-bond acceptors (Lipinski definition) is 2. The lowest BCUT2D eigenvalue weighted by atomic mass is 10.1. The molecule has 0 aliphatic carbocycles. The maximum absolute atomic E-state index is 3.39. The van der Waals surface area contributed by atoms with Crippen LogP contribution in [0.15, 0.2) is 0 Å². The van der Waals surface area contributed by atoms with Gasteiger partial charge >= 0.3 is 0 Å². The highest BCUT2D eigenvalue weighted by Crippen LogP contribution is 2.12. The second kappa shape index (κ2) is 4.83. The van der Waals surface area contributed by atoms with Gasteiger partial charge in [0.25, 0.3) is 0 Å². The molecule has 0 aromatic rings. The minimum atomic E-state index is 0.707. The van der Waals surface area contributed by atoms with Crippen molar-refractivity contribution in [2.24, 2.45) is 0 Å². The summed E-state index contributed by atoms with van der Waals surface area (Å²) in [6.45, 7) is 7.10. The lowest BCUT2D eigenvalue weighted by Gasteiger charge is -2.27. The molecule has 0 aromatic heterocycles. The van der Waals surface area contributed by atoms with Crippen LogP contribution in [-0.2, 0) is 0 Å². The van der Waals surface area contributed by atoms with E-state index in [1.807, 2.05) is 0 Å². The second-order valence-corrected chi connectivity index (χ2v) is 4.07. The SMILES string of the molecule is CNC1CCCCN(C(C)C)C1. The van der Waals surface area contributed by atoms with Gasteiger partial charge in [0, 0.05) is 18.6 Å². The number of rotatable bonds is 2. The molecule has 0 bridgehead atoms. The summed E-state index contributed by atoms with van der Waals surface area (Å²) >= 11 is 0. The molecule has 12 heavy (non-hydrogen) atoms. The van der Waals surface area contributed by atoms with E-state index in [2.05, 4.69) is 31.1 Å². The third-order valence-electron chi connectivity index (χ3n) is 2.84. The lowest BCUT2D eigenvalue weighted by Crippen LogP contribution is -2.41. The molecular formula is C10H22N2. The van der Waals surface area contributed by atoms with Crippen LogP contribution in [0.3, 0.4) is 0 Å². The molecule has 1 N–H and O–H groups in total. The monoisotopic (exact) mass is 170 g/mol. The molecule has 1 saturated heterocycles. The van der Waals surface area contributed by atoms with E-state index in [-0.39, 0.29) is 0 Å². The van der Waals surface area contributed by atoms with Crippen molar-refractivity contribution in [1.29, 1.82) is 0 Å². The van der Waals surface area contributed by atoms with Gasteiger partial charge in [0.15, 0.2) is 0 Å². The molecule has 1 aliphatic rings. The molecule has 1 unspecified atom stereocenters. The zero-order valence-corrected chi connectivity index (χ0v) is 8.64. The first-order chi connectivity index (χ1) is 5.74. The third-order valence-corrected chi connectivity index (χ3v) is 2.84. The predicted molar refractivity (Wildman–Crippen MR) is 53.4 cm³/mol. The Hall–Kier alpha value is -0.0800. The average Bonchev–Trinajstić information content (AvgIpc) is 2.28. The molecule has 1 atom stereocenters. The highest BCUT2D eigenvalue weighted by Gasteiger charge is 2.17. The fourth-order valence-corrected chi connectivity index (χ4v) is 1.88. The fourth-order valence-electron chi connectivity index (χ4n) is 1.88. The molecule has 1 rings (SSSR count). The van der Waals surface area contributed by atoms with E-state index < -0.39 is 0 Å². The van der Waals surface area contributed by atoms with Gasteiger partial charge in [-0.3, -0.25) is 4.90 Å². The second-order valence-electron chi connectivity index (χ2n) is 4.07. The standard InChI is InChI=1S/C10H22N2/c1-9(2)12-7-5-4-6-10(8-12)11-3/h9-11H,4-8H2,1-3H3. The maximum Gasteiger partial charge on any atom is 0.0192 e. The van der Waals surface area contributed by atoms with Crippen molar-refractivity contribution in [1.82, 2.24) is 10.2 Å². The molecular weight excluding hydrogens is 148 g/mol. The quantitative estimate of drug-likeness (QED) is 0.675. The number of likely N-dealkylation sites (tertiary alicyclic amines) is 1. The van der Waals surface area contributed by atoms with Gasteiger partial charge in [-0.05, 0) is 40.3 Å². The van der Waals surface area contributed by atoms with Gasteiger partial charge in [0.2, 0.25) is 0 Å². The molecule has 1 heterocycles. The van der Waals surface area contributed by atoms with Crippen LogP contribution < -0.4 is 5.32 Å². The van der Waals surface area contributed by atoms with E-state index in [9.17, 15) is 0 Å². The summed E-state index contributed by atoms with van der Waals surface area (Å²) in [6, 6.07) is 1.42. The molecule has 2 heteroatoms. The van der Waals surface area contributed by atoms with Crippen LogP contribution in [0.4, 0.5) is 0 Å². The van der Waals surface area contributed by atoms with Gasteiger partial charge in [-0.15, -0.1) is 0 Å². The average molecular weight is 170 g/mol. The topological polar surface area (TPSA) is 15.3 Å². The minimum absolute atomic E-state index is 0.707. The first-order valence-electron chi connectivity index (χ1n) is 5.15. The van der Waals surface area contributed by atoms with Crippen LogP contribution in [0.25, 0.3) is 0 Å². The molecule has 0 radical (unpaired) electrons. The van der Waals surface area contributed by atoms with Crippen LogP contribution in [0.2, 0.25) is 0 Å². The Balaban J connectivity index is 2.42. The van der Waals surface area contributed by atoms with Crippen molar-refractivity contribution in [3.63, 3.8) is 0 Å². The summed E-state index contributed by atoms with van der Waals surface area (Å²) in [5.74, 6) is 0. The van der Waals surface area contributed by atoms with Crippen molar-refractivity contribution in [3.05, 3.63) is 0 Å². The summed E-state index contributed by atoms with van der Waals surface area (Å²) in [4.78, 5) is 2.58. The van der Waals surface area contributed by atoms with Gasteiger partial charge in [0.1, 0.15) is 0 Å². The van der Waals surface area contributed by atoms with Gasteiger partial charge in [-0.1, -0.05) is 6.42 Å². The molecule has 0 aromatic carbocycles. The van der Waals surface area contributed by atoms with E-state index in [0.29, 0.717) is 6.04 Å². The van der Waals surface area contributed by atoms with Crippen molar-refractivity contribution >= 4 is 0 Å². The molecule has 1 aliphatic heterocycles. The van der Waals surface area contributed by atoms with E-state index >= 15 is 0 Å².